The molecule has 1 aromatic carbocycles. The Bertz CT molecular complexity index is 1250. The summed E-state index contributed by atoms with van der Waals surface area (Å²) in [6.07, 6.45) is 6.16. The zero-order valence-electron chi connectivity index (χ0n) is 25.0. The number of carbonyl (C=O) groups excluding carboxylic acids is 2. The Labute approximate surface area is 249 Å². The van der Waals surface area contributed by atoms with Crippen molar-refractivity contribution in [3.8, 4) is 0 Å². The number of rotatable bonds is 10. The van der Waals surface area contributed by atoms with Crippen LogP contribution in [0.5, 0.6) is 0 Å². The fourth-order valence-corrected chi connectivity index (χ4v) is 6.37. The molecule has 0 unspecified atom stereocenters. The van der Waals surface area contributed by atoms with Crippen LogP contribution in [0, 0.1) is 0 Å². The molecule has 2 amide bonds. The number of amides is 2. The number of piperazine rings is 1. The van der Waals surface area contributed by atoms with E-state index < -0.39 is 5.91 Å². The average molecular weight is 576 g/mol. The maximum Gasteiger partial charge on any atom is 0.271 e. The van der Waals surface area contributed by atoms with Crippen LogP contribution in [-0.4, -0.2) is 103 Å². The maximum atomic E-state index is 12.4. The first-order valence-electron chi connectivity index (χ1n) is 15.3. The van der Waals surface area contributed by atoms with Gasteiger partial charge in [-0.15, -0.1) is 0 Å². The van der Waals surface area contributed by atoms with Crippen LogP contribution >= 0.6 is 0 Å². The number of hydrogen-bond acceptors (Lipinski definition) is 9. The Kier molecular flexibility index (Phi) is 9.58. The van der Waals surface area contributed by atoms with E-state index >= 15 is 0 Å². The fraction of sp³-hybridized carbons (Fsp3) is 0.548. The molecule has 3 fully saturated rings. The highest BCUT2D eigenvalue weighted by Gasteiger charge is 2.30. The fourth-order valence-electron chi connectivity index (χ4n) is 6.37. The molecule has 0 aliphatic carbocycles. The third-order valence-electron chi connectivity index (χ3n) is 8.88. The summed E-state index contributed by atoms with van der Waals surface area (Å²) in [6, 6.07) is 9.04. The second kappa shape index (κ2) is 13.5. The Morgan fingerprint density at radius 1 is 1.02 bits per heavy atom. The summed E-state index contributed by atoms with van der Waals surface area (Å²) in [5.41, 5.74) is 8.60. The molecule has 0 radical (unpaired) electrons. The van der Waals surface area contributed by atoms with Crippen molar-refractivity contribution in [2.45, 2.75) is 51.1 Å². The molecular weight excluding hydrogens is 530 g/mol. The number of carbonyl (C=O) groups is 2. The predicted molar refractivity (Wildman–Crippen MR) is 168 cm³/mol. The minimum absolute atomic E-state index is 0.0838. The molecule has 11 nitrogen and oxygen atoms in total. The van der Waals surface area contributed by atoms with Gasteiger partial charge in [0, 0.05) is 75.8 Å². The molecule has 11 heteroatoms. The SMILES string of the molecule is C=CC(=O)NC[C@H]1CCCN1c1nc(Nc2ccc(N3CCC(N4CCN(C)CC4)CC3)cc2)c(C(N)=O)nc1CC. The number of aryl methyl sites for hydroxylation is 1. The average Bonchev–Trinajstić information content (AvgIpc) is 3.49. The molecule has 3 saturated heterocycles. The lowest BCUT2D eigenvalue weighted by molar-refractivity contribution is -0.116. The van der Waals surface area contributed by atoms with Gasteiger partial charge in [0.25, 0.3) is 5.91 Å². The molecule has 1 aromatic heterocycles. The molecule has 2 aromatic rings. The van der Waals surface area contributed by atoms with Crippen molar-refractivity contribution in [1.29, 1.82) is 0 Å². The van der Waals surface area contributed by atoms with Crippen LogP contribution in [0.3, 0.4) is 0 Å². The van der Waals surface area contributed by atoms with E-state index in [1.165, 1.54) is 37.7 Å². The van der Waals surface area contributed by atoms with Gasteiger partial charge in [-0.05, 0) is 69.5 Å². The summed E-state index contributed by atoms with van der Waals surface area (Å²) in [5, 5.41) is 6.22. The van der Waals surface area contributed by atoms with E-state index in [0.29, 0.717) is 30.5 Å². The van der Waals surface area contributed by atoms with Crippen molar-refractivity contribution < 1.29 is 9.59 Å². The Morgan fingerprint density at radius 3 is 2.38 bits per heavy atom. The van der Waals surface area contributed by atoms with Crippen molar-refractivity contribution >= 4 is 34.8 Å². The Hall–Kier alpha value is -3.70. The number of primary amides is 1. The summed E-state index contributed by atoms with van der Waals surface area (Å²) in [6.45, 7) is 13.6. The van der Waals surface area contributed by atoms with Crippen LogP contribution in [0.15, 0.2) is 36.9 Å². The minimum atomic E-state index is -0.623. The summed E-state index contributed by atoms with van der Waals surface area (Å²) in [4.78, 5) is 43.5. The number of anilines is 4. The highest BCUT2D eigenvalue weighted by atomic mass is 16.1. The second-order valence-electron chi connectivity index (χ2n) is 11.6. The van der Waals surface area contributed by atoms with Gasteiger partial charge >= 0.3 is 0 Å². The van der Waals surface area contributed by atoms with Crippen molar-refractivity contribution in [3.05, 3.63) is 48.3 Å². The molecule has 0 spiro atoms. The van der Waals surface area contributed by atoms with E-state index in [1.807, 2.05) is 19.1 Å². The third kappa shape index (κ3) is 6.84. The van der Waals surface area contributed by atoms with Gasteiger partial charge in [-0.1, -0.05) is 13.5 Å². The molecule has 3 aliphatic heterocycles. The number of nitrogens with two attached hydrogens (primary N) is 1. The first kappa shape index (κ1) is 29.8. The summed E-state index contributed by atoms with van der Waals surface area (Å²) >= 11 is 0. The number of nitrogens with one attached hydrogen (secondary N) is 2. The van der Waals surface area contributed by atoms with Gasteiger partial charge in [-0.25, -0.2) is 9.97 Å². The number of hydrogen-bond donors (Lipinski definition) is 3. The topological polar surface area (TPSA) is 123 Å². The van der Waals surface area contributed by atoms with Crippen molar-refractivity contribution in [2.24, 2.45) is 5.73 Å². The standard InChI is InChI=1S/C31H45N9O2/c1-4-26-31(40-14-6-7-25(40)21-33-27(41)5-2)36-30(28(35-26)29(32)42)34-22-8-10-23(11-9-22)38-15-12-24(13-16-38)39-19-17-37(3)18-20-39/h5,8-11,24-25H,2,4,6-7,12-21H2,1,3H3,(H2,32,42)(H,33,41)(H,34,36)/t25-/m1/s1. The smallest absolute Gasteiger partial charge is 0.271 e. The lowest BCUT2D eigenvalue weighted by Gasteiger charge is -2.42. The van der Waals surface area contributed by atoms with Crippen LogP contribution in [0.4, 0.5) is 23.0 Å². The molecule has 0 bridgehead atoms. The quantitative estimate of drug-likeness (QED) is 0.367. The molecule has 4 heterocycles. The van der Waals surface area contributed by atoms with Gasteiger partial charge in [0.2, 0.25) is 5.91 Å². The van der Waals surface area contributed by atoms with E-state index in [2.05, 4.69) is 61.0 Å². The number of aromatic nitrogens is 2. The molecular formula is C31H45N9O2. The monoisotopic (exact) mass is 575 g/mol. The normalized spacial score (nSPS) is 20.5. The summed E-state index contributed by atoms with van der Waals surface area (Å²) in [5.74, 6) is 0.247. The number of piperidine rings is 1. The third-order valence-corrected chi connectivity index (χ3v) is 8.88. The Balaban J connectivity index is 1.28. The highest BCUT2D eigenvalue weighted by Crippen LogP contribution is 2.31. The van der Waals surface area contributed by atoms with Crippen LogP contribution in [0.1, 0.15) is 48.8 Å². The van der Waals surface area contributed by atoms with E-state index in [0.717, 1.165) is 57.1 Å². The molecule has 4 N–H and O–H groups in total. The zero-order chi connectivity index (χ0) is 29.6. The van der Waals surface area contributed by atoms with Gasteiger partial charge in [-0.3, -0.25) is 14.5 Å². The van der Waals surface area contributed by atoms with Crippen molar-refractivity contribution in [1.82, 2.24) is 25.1 Å². The highest BCUT2D eigenvalue weighted by molar-refractivity contribution is 5.96. The minimum Gasteiger partial charge on any atom is -0.371 e. The first-order chi connectivity index (χ1) is 20.4. The van der Waals surface area contributed by atoms with Crippen molar-refractivity contribution in [2.75, 3.05) is 74.5 Å². The van der Waals surface area contributed by atoms with Gasteiger partial charge in [-0.2, -0.15) is 0 Å². The predicted octanol–water partition coefficient (Wildman–Crippen LogP) is 2.37. The second-order valence-corrected chi connectivity index (χ2v) is 11.6. The lowest BCUT2D eigenvalue weighted by atomic mass is 10.0. The molecule has 3 aliphatic rings. The van der Waals surface area contributed by atoms with Crippen LogP contribution < -0.4 is 26.2 Å². The lowest BCUT2D eigenvalue weighted by Crippen LogP contribution is -2.52. The number of benzene rings is 1. The number of nitrogens with zero attached hydrogens (tertiary/aromatic N) is 6. The van der Waals surface area contributed by atoms with E-state index in [1.54, 1.807) is 0 Å². The molecule has 42 heavy (non-hydrogen) atoms. The van der Waals surface area contributed by atoms with Gasteiger partial charge in [0.05, 0.1) is 5.69 Å². The van der Waals surface area contributed by atoms with Gasteiger partial charge in [0.15, 0.2) is 17.3 Å². The van der Waals surface area contributed by atoms with Gasteiger partial charge in [0.1, 0.15) is 0 Å². The molecule has 0 saturated carbocycles. The summed E-state index contributed by atoms with van der Waals surface area (Å²) in [7, 11) is 2.20. The Morgan fingerprint density at radius 2 is 1.74 bits per heavy atom. The van der Waals surface area contributed by atoms with E-state index in [9.17, 15) is 9.59 Å². The van der Waals surface area contributed by atoms with Crippen molar-refractivity contribution in [3.63, 3.8) is 0 Å². The zero-order valence-corrected chi connectivity index (χ0v) is 25.0. The maximum absolute atomic E-state index is 12.4. The molecule has 226 valence electrons. The molecule has 5 rings (SSSR count). The van der Waals surface area contributed by atoms with Crippen LogP contribution in [-0.2, 0) is 11.2 Å². The van der Waals surface area contributed by atoms with Crippen LogP contribution in [0.2, 0.25) is 0 Å². The van der Waals surface area contributed by atoms with Crippen LogP contribution in [0.25, 0.3) is 0 Å². The van der Waals surface area contributed by atoms with Gasteiger partial charge < -0.3 is 31.1 Å². The first-order valence-corrected chi connectivity index (χ1v) is 15.3. The largest absolute Gasteiger partial charge is 0.371 e. The van der Waals surface area contributed by atoms with E-state index in [4.69, 9.17) is 10.7 Å². The number of likely N-dealkylation sites (N-methyl/N-ethyl adjacent to an activating group) is 1. The van der Waals surface area contributed by atoms with E-state index in [-0.39, 0.29) is 17.6 Å². The molecule has 1 atom stereocenters. The summed E-state index contributed by atoms with van der Waals surface area (Å²) < 4.78 is 0.